The molecule has 1 saturated heterocycles. The number of nitrogens with one attached hydrogen (secondary N) is 2. The van der Waals surface area contributed by atoms with Crippen LogP contribution in [0.25, 0.3) is 11.0 Å². The van der Waals surface area contributed by atoms with Gasteiger partial charge in [-0.05, 0) is 25.5 Å². The van der Waals surface area contributed by atoms with Crippen molar-refractivity contribution in [2.75, 3.05) is 46.0 Å². The van der Waals surface area contributed by atoms with Gasteiger partial charge < -0.3 is 24.1 Å². The van der Waals surface area contributed by atoms with Gasteiger partial charge in [-0.3, -0.25) is 4.79 Å². The summed E-state index contributed by atoms with van der Waals surface area (Å²) in [6.45, 7) is 8.68. The average Bonchev–Trinajstić information content (AvgIpc) is 2.69. The summed E-state index contributed by atoms with van der Waals surface area (Å²) < 4.78 is 16.2. The van der Waals surface area contributed by atoms with E-state index in [0.29, 0.717) is 28.5 Å². The number of rotatable bonds is 7. The zero-order valence-electron chi connectivity index (χ0n) is 16.2. The van der Waals surface area contributed by atoms with Crippen LogP contribution in [0.2, 0.25) is 5.02 Å². The van der Waals surface area contributed by atoms with Crippen LogP contribution in [0.15, 0.2) is 21.3 Å². The maximum absolute atomic E-state index is 12.0. The van der Waals surface area contributed by atoms with E-state index in [0.717, 1.165) is 50.2 Å². The van der Waals surface area contributed by atoms with E-state index in [9.17, 15) is 9.59 Å². The van der Waals surface area contributed by atoms with E-state index < -0.39 is 5.63 Å². The molecule has 3 rings (SSSR count). The van der Waals surface area contributed by atoms with E-state index in [-0.39, 0.29) is 12.5 Å². The maximum Gasteiger partial charge on any atom is 0.339 e. The quantitative estimate of drug-likeness (QED) is 0.523. The molecule has 0 spiro atoms. The van der Waals surface area contributed by atoms with Crippen LogP contribution in [0.5, 0.6) is 5.75 Å². The van der Waals surface area contributed by atoms with E-state index in [1.54, 1.807) is 19.1 Å². The zero-order valence-corrected chi connectivity index (χ0v) is 17.0. The third-order valence-electron chi connectivity index (χ3n) is 5.10. The number of carbonyl (C=O) groups excluding carboxylic acids is 1. The first-order valence-electron chi connectivity index (χ1n) is 9.50. The van der Waals surface area contributed by atoms with Crippen LogP contribution >= 0.6 is 11.6 Å². The third-order valence-corrected chi connectivity index (χ3v) is 5.39. The number of hydrogen-bond donors (Lipinski definition) is 2. The van der Waals surface area contributed by atoms with E-state index in [4.69, 9.17) is 25.5 Å². The number of benzene rings is 1. The Hall–Kier alpha value is -2.09. The number of ether oxygens (including phenoxy) is 2. The largest absolute Gasteiger partial charge is 0.482 e. The standard InChI is InChI=1S/C20H25ClN2O5/c1-13-14(2)20(25)28-17-11-18(16(21)10-15(13)17)27-12-19(24)22-4-3-5-23-6-8-26-9-7-23/h10-11H,3-9,12H2,1-2H3,(H,22,24)/p+1. The average molecular weight is 410 g/mol. The number of fused-ring (bicyclic) bond motifs is 1. The summed E-state index contributed by atoms with van der Waals surface area (Å²) >= 11 is 6.27. The summed E-state index contributed by atoms with van der Waals surface area (Å²) in [5, 5.41) is 3.97. The third kappa shape index (κ3) is 5.04. The SMILES string of the molecule is Cc1c(C)c2cc(Cl)c(OCC(=O)NCCC[NH+]3CCOCC3)cc2oc1=O. The fourth-order valence-corrected chi connectivity index (χ4v) is 3.44. The minimum absolute atomic E-state index is 0.148. The van der Waals surface area contributed by atoms with Gasteiger partial charge in [0.25, 0.3) is 5.91 Å². The van der Waals surface area contributed by atoms with Crippen molar-refractivity contribution in [1.82, 2.24) is 5.32 Å². The Morgan fingerprint density at radius 3 is 2.75 bits per heavy atom. The molecule has 0 saturated carbocycles. The van der Waals surface area contributed by atoms with E-state index in [1.807, 2.05) is 6.92 Å². The molecule has 1 aromatic heterocycles. The van der Waals surface area contributed by atoms with E-state index >= 15 is 0 Å². The summed E-state index contributed by atoms with van der Waals surface area (Å²) in [5.74, 6) is 0.100. The summed E-state index contributed by atoms with van der Waals surface area (Å²) in [6.07, 6.45) is 0.904. The lowest BCUT2D eigenvalue weighted by molar-refractivity contribution is -0.908. The Morgan fingerprint density at radius 2 is 2.00 bits per heavy atom. The molecular weight excluding hydrogens is 384 g/mol. The van der Waals surface area contributed by atoms with Crippen LogP contribution in [0.1, 0.15) is 17.5 Å². The molecule has 7 nitrogen and oxygen atoms in total. The van der Waals surface area contributed by atoms with Gasteiger partial charge >= 0.3 is 5.63 Å². The first kappa shape index (κ1) is 20.6. The number of aryl methyl sites for hydroxylation is 1. The molecule has 8 heteroatoms. The van der Waals surface area contributed by atoms with Crippen LogP contribution in [0.4, 0.5) is 0 Å². The molecule has 1 aliphatic heterocycles. The molecule has 0 radical (unpaired) electrons. The molecular formula is C20H26ClN2O5+. The van der Waals surface area contributed by atoms with Crippen LogP contribution in [-0.2, 0) is 9.53 Å². The Balaban J connectivity index is 1.51. The predicted molar refractivity (Wildman–Crippen MR) is 106 cm³/mol. The van der Waals surface area contributed by atoms with Crippen LogP contribution in [-0.4, -0.2) is 51.9 Å². The number of hydrogen-bond acceptors (Lipinski definition) is 5. The number of amides is 1. The van der Waals surface area contributed by atoms with Crippen molar-refractivity contribution in [3.05, 3.63) is 38.7 Å². The fourth-order valence-electron chi connectivity index (χ4n) is 3.22. The van der Waals surface area contributed by atoms with Gasteiger partial charge in [-0.15, -0.1) is 0 Å². The first-order valence-corrected chi connectivity index (χ1v) is 9.88. The highest BCUT2D eigenvalue weighted by atomic mass is 35.5. The summed E-state index contributed by atoms with van der Waals surface area (Å²) in [7, 11) is 0. The topological polar surface area (TPSA) is 82.2 Å². The molecule has 1 aliphatic rings. The van der Waals surface area contributed by atoms with Crippen molar-refractivity contribution in [2.24, 2.45) is 0 Å². The Morgan fingerprint density at radius 1 is 1.25 bits per heavy atom. The van der Waals surface area contributed by atoms with Gasteiger partial charge in [0.05, 0.1) is 24.8 Å². The lowest BCUT2D eigenvalue weighted by atomic mass is 10.1. The van der Waals surface area contributed by atoms with Crippen molar-refractivity contribution in [3.63, 3.8) is 0 Å². The molecule has 2 N–H and O–H groups in total. The number of carbonyl (C=O) groups is 1. The van der Waals surface area contributed by atoms with E-state index in [1.165, 1.54) is 4.90 Å². The minimum atomic E-state index is -0.390. The van der Waals surface area contributed by atoms with Gasteiger partial charge in [0, 0.05) is 30.0 Å². The number of halogens is 1. The predicted octanol–water partition coefficient (Wildman–Crippen LogP) is 0.863. The van der Waals surface area contributed by atoms with Gasteiger partial charge in [0.2, 0.25) is 0 Å². The highest BCUT2D eigenvalue weighted by Gasteiger charge is 2.14. The Bertz CT molecular complexity index is 906. The molecule has 1 fully saturated rings. The lowest BCUT2D eigenvalue weighted by Gasteiger charge is -2.23. The van der Waals surface area contributed by atoms with Gasteiger partial charge in [-0.25, -0.2) is 4.79 Å². The fraction of sp³-hybridized carbons (Fsp3) is 0.500. The second-order valence-electron chi connectivity index (χ2n) is 7.02. The molecule has 28 heavy (non-hydrogen) atoms. The molecule has 2 heterocycles. The van der Waals surface area contributed by atoms with Gasteiger partial charge in [0.15, 0.2) is 6.61 Å². The highest BCUT2D eigenvalue weighted by Crippen LogP contribution is 2.31. The molecule has 0 atom stereocenters. The molecule has 0 bridgehead atoms. The van der Waals surface area contributed by atoms with Crippen molar-refractivity contribution < 1.29 is 23.6 Å². The Labute approximate surface area is 168 Å². The maximum atomic E-state index is 12.0. The smallest absolute Gasteiger partial charge is 0.339 e. The second kappa shape index (κ2) is 9.41. The second-order valence-corrected chi connectivity index (χ2v) is 7.43. The normalized spacial score (nSPS) is 15.0. The molecule has 152 valence electrons. The van der Waals surface area contributed by atoms with Crippen molar-refractivity contribution >= 4 is 28.5 Å². The molecule has 0 unspecified atom stereocenters. The monoisotopic (exact) mass is 409 g/mol. The minimum Gasteiger partial charge on any atom is -0.482 e. The molecule has 1 amide bonds. The van der Waals surface area contributed by atoms with Crippen molar-refractivity contribution in [1.29, 1.82) is 0 Å². The zero-order chi connectivity index (χ0) is 20.1. The first-order chi connectivity index (χ1) is 13.5. The van der Waals surface area contributed by atoms with Crippen molar-refractivity contribution in [2.45, 2.75) is 20.3 Å². The lowest BCUT2D eigenvalue weighted by Crippen LogP contribution is -3.14. The summed E-state index contributed by atoms with van der Waals surface area (Å²) in [4.78, 5) is 25.4. The Kier molecular flexibility index (Phi) is 6.93. The van der Waals surface area contributed by atoms with Gasteiger partial charge in [0.1, 0.15) is 24.4 Å². The number of quaternary nitrogens is 1. The van der Waals surface area contributed by atoms with E-state index in [2.05, 4.69) is 5.32 Å². The van der Waals surface area contributed by atoms with Gasteiger partial charge in [-0.1, -0.05) is 11.6 Å². The summed E-state index contributed by atoms with van der Waals surface area (Å²) in [5.41, 5.74) is 1.37. The van der Waals surface area contributed by atoms with Crippen LogP contribution in [0.3, 0.4) is 0 Å². The van der Waals surface area contributed by atoms with Crippen LogP contribution < -0.4 is 20.6 Å². The van der Waals surface area contributed by atoms with Crippen molar-refractivity contribution in [3.8, 4) is 5.75 Å². The molecule has 0 aliphatic carbocycles. The van der Waals surface area contributed by atoms with Crippen LogP contribution in [0, 0.1) is 13.8 Å². The highest BCUT2D eigenvalue weighted by molar-refractivity contribution is 6.32. The molecule has 2 aromatic rings. The summed E-state index contributed by atoms with van der Waals surface area (Å²) in [6, 6.07) is 3.25. The number of morpholine rings is 1. The van der Waals surface area contributed by atoms with Gasteiger partial charge in [-0.2, -0.15) is 0 Å². The molecule has 1 aromatic carbocycles.